The van der Waals surface area contributed by atoms with E-state index in [1.807, 2.05) is 4.90 Å². The van der Waals surface area contributed by atoms with Gasteiger partial charge in [-0.15, -0.1) is 0 Å². The third-order valence-electron chi connectivity index (χ3n) is 5.51. The first-order chi connectivity index (χ1) is 13.2. The largest absolute Gasteiger partial charge is 0.447 e. The number of carbonyl (C=O) groups is 1. The van der Waals surface area contributed by atoms with Crippen LogP contribution in [-0.2, 0) is 13.1 Å². The van der Waals surface area contributed by atoms with E-state index in [0.29, 0.717) is 18.1 Å². The van der Waals surface area contributed by atoms with Crippen molar-refractivity contribution in [3.05, 3.63) is 53.2 Å². The van der Waals surface area contributed by atoms with Gasteiger partial charge in [0, 0.05) is 45.8 Å². The summed E-state index contributed by atoms with van der Waals surface area (Å²) in [4.78, 5) is 23.5. The molecule has 0 aliphatic carbocycles. The summed E-state index contributed by atoms with van der Waals surface area (Å²) in [6.07, 6.45) is 3.69. The highest BCUT2D eigenvalue weighted by Crippen LogP contribution is 2.15. The maximum absolute atomic E-state index is 12.4. The molecule has 0 atom stereocenters. The number of amides is 1. The Morgan fingerprint density at radius 2 is 1.59 bits per heavy atom. The third kappa shape index (κ3) is 4.57. The van der Waals surface area contributed by atoms with Crippen LogP contribution >= 0.6 is 0 Å². The SMILES string of the molecule is Cc1ccc(CN2CCN(Cc3nc(C(=O)N4CCCC4)co3)CC2)cc1. The van der Waals surface area contributed by atoms with Gasteiger partial charge in [-0.3, -0.25) is 14.6 Å². The molecule has 0 unspecified atom stereocenters. The van der Waals surface area contributed by atoms with Crippen LogP contribution in [0.4, 0.5) is 0 Å². The molecule has 1 aromatic carbocycles. The number of aromatic nitrogens is 1. The smallest absolute Gasteiger partial charge is 0.275 e. The zero-order valence-corrected chi connectivity index (χ0v) is 16.1. The molecule has 0 saturated carbocycles. The van der Waals surface area contributed by atoms with Gasteiger partial charge >= 0.3 is 0 Å². The molecule has 27 heavy (non-hydrogen) atoms. The quantitative estimate of drug-likeness (QED) is 0.812. The Kier molecular flexibility index (Phi) is 5.55. The van der Waals surface area contributed by atoms with Crippen LogP contribution in [0.3, 0.4) is 0 Å². The van der Waals surface area contributed by atoms with E-state index in [4.69, 9.17) is 4.42 Å². The van der Waals surface area contributed by atoms with Gasteiger partial charge in [0.05, 0.1) is 6.54 Å². The van der Waals surface area contributed by atoms with Crippen LogP contribution in [0.25, 0.3) is 0 Å². The normalized spacial score (nSPS) is 18.9. The first-order valence-electron chi connectivity index (χ1n) is 9.91. The standard InChI is InChI=1S/C21H28N4O2/c1-17-4-6-18(7-5-17)14-23-10-12-24(13-11-23)15-20-22-19(16-27-20)21(26)25-8-2-3-9-25/h4-7,16H,2-3,8-15H2,1H3. The van der Waals surface area contributed by atoms with Crippen molar-refractivity contribution in [3.63, 3.8) is 0 Å². The van der Waals surface area contributed by atoms with Gasteiger partial charge in [0.25, 0.3) is 5.91 Å². The monoisotopic (exact) mass is 368 g/mol. The molecule has 1 amide bonds. The Hall–Kier alpha value is -2.18. The van der Waals surface area contributed by atoms with Crippen molar-refractivity contribution < 1.29 is 9.21 Å². The van der Waals surface area contributed by atoms with Gasteiger partial charge in [-0.25, -0.2) is 4.98 Å². The number of nitrogens with zero attached hydrogens (tertiary/aromatic N) is 4. The molecular weight excluding hydrogens is 340 g/mol. The number of piperazine rings is 1. The molecule has 0 bridgehead atoms. The lowest BCUT2D eigenvalue weighted by Crippen LogP contribution is -2.45. The van der Waals surface area contributed by atoms with Crippen molar-refractivity contribution in [2.45, 2.75) is 32.9 Å². The van der Waals surface area contributed by atoms with Crippen LogP contribution in [0.15, 0.2) is 34.9 Å². The Morgan fingerprint density at radius 3 is 2.26 bits per heavy atom. The minimum Gasteiger partial charge on any atom is -0.447 e. The molecule has 2 saturated heterocycles. The van der Waals surface area contributed by atoms with Crippen LogP contribution in [0.1, 0.15) is 40.3 Å². The van der Waals surface area contributed by atoms with E-state index < -0.39 is 0 Å². The highest BCUT2D eigenvalue weighted by Gasteiger charge is 2.24. The molecule has 6 heteroatoms. The lowest BCUT2D eigenvalue weighted by atomic mass is 10.1. The van der Waals surface area contributed by atoms with Crippen molar-refractivity contribution in [2.24, 2.45) is 0 Å². The van der Waals surface area contributed by atoms with Crippen LogP contribution in [0.5, 0.6) is 0 Å². The van der Waals surface area contributed by atoms with E-state index in [9.17, 15) is 4.79 Å². The zero-order chi connectivity index (χ0) is 18.6. The Bertz CT molecular complexity index is 757. The molecule has 144 valence electrons. The summed E-state index contributed by atoms with van der Waals surface area (Å²) in [7, 11) is 0. The van der Waals surface area contributed by atoms with Gasteiger partial charge in [0.1, 0.15) is 6.26 Å². The predicted molar refractivity (Wildman–Crippen MR) is 103 cm³/mol. The number of benzene rings is 1. The summed E-state index contributed by atoms with van der Waals surface area (Å²) in [5.41, 5.74) is 3.12. The lowest BCUT2D eigenvalue weighted by Gasteiger charge is -2.34. The molecule has 4 rings (SSSR count). The second-order valence-corrected chi connectivity index (χ2v) is 7.66. The van der Waals surface area contributed by atoms with Gasteiger partial charge in [0.2, 0.25) is 5.89 Å². The predicted octanol–water partition coefficient (Wildman–Crippen LogP) is 2.54. The molecule has 6 nitrogen and oxygen atoms in total. The number of rotatable bonds is 5. The zero-order valence-electron chi connectivity index (χ0n) is 16.1. The van der Waals surface area contributed by atoms with Crippen molar-refractivity contribution >= 4 is 5.91 Å². The van der Waals surface area contributed by atoms with Gasteiger partial charge in [-0.1, -0.05) is 29.8 Å². The molecule has 0 N–H and O–H groups in total. The van der Waals surface area contributed by atoms with Crippen LogP contribution in [0.2, 0.25) is 0 Å². The molecule has 1 aromatic heterocycles. The van der Waals surface area contributed by atoms with Gasteiger partial charge < -0.3 is 9.32 Å². The minimum absolute atomic E-state index is 0.00502. The maximum Gasteiger partial charge on any atom is 0.275 e. The molecule has 2 fully saturated rings. The maximum atomic E-state index is 12.4. The topological polar surface area (TPSA) is 52.8 Å². The van der Waals surface area contributed by atoms with Gasteiger partial charge in [0.15, 0.2) is 5.69 Å². The molecule has 0 spiro atoms. The van der Waals surface area contributed by atoms with E-state index in [0.717, 1.165) is 58.7 Å². The Balaban J connectivity index is 1.25. The van der Waals surface area contributed by atoms with Crippen molar-refractivity contribution in [2.75, 3.05) is 39.3 Å². The van der Waals surface area contributed by atoms with E-state index in [1.54, 1.807) is 0 Å². The third-order valence-corrected chi connectivity index (χ3v) is 5.51. The lowest BCUT2D eigenvalue weighted by molar-refractivity contribution is 0.0786. The number of aryl methyl sites for hydroxylation is 1. The molecular formula is C21H28N4O2. The first kappa shape index (κ1) is 18.2. The average Bonchev–Trinajstić information content (AvgIpc) is 3.37. The fraction of sp³-hybridized carbons (Fsp3) is 0.524. The van der Waals surface area contributed by atoms with Crippen LogP contribution in [-0.4, -0.2) is 64.9 Å². The van der Waals surface area contributed by atoms with Crippen LogP contribution < -0.4 is 0 Å². The van der Waals surface area contributed by atoms with Gasteiger partial charge in [-0.2, -0.15) is 0 Å². The molecule has 0 radical (unpaired) electrons. The second-order valence-electron chi connectivity index (χ2n) is 7.66. The number of likely N-dealkylation sites (tertiary alicyclic amines) is 1. The summed E-state index contributed by atoms with van der Waals surface area (Å²) in [6, 6.07) is 8.78. The molecule has 2 aliphatic rings. The fourth-order valence-corrected chi connectivity index (χ4v) is 3.81. The number of hydrogen-bond donors (Lipinski definition) is 0. The van der Waals surface area contributed by atoms with E-state index in [-0.39, 0.29) is 5.91 Å². The van der Waals surface area contributed by atoms with Gasteiger partial charge in [-0.05, 0) is 25.3 Å². The molecule has 2 aromatic rings. The number of hydrogen-bond acceptors (Lipinski definition) is 5. The number of oxazole rings is 1. The number of carbonyl (C=O) groups excluding carboxylic acids is 1. The molecule has 3 heterocycles. The van der Waals surface area contributed by atoms with Crippen molar-refractivity contribution in [1.82, 2.24) is 19.7 Å². The molecule has 2 aliphatic heterocycles. The van der Waals surface area contributed by atoms with Crippen molar-refractivity contribution in [1.29, 1.82) is 0 Å². The summed E-state index contributed by atoms with van der Waals surface area (Å²) in [5.74, 6) is 0.648. The van der Waals surface area contributed by atoms with E-state index in [1.165, 1.54) is 17.4 Å². The Morgan fingerprint density at radius 1 is 0.963 bits per heavy atom. The summed E-state index contributed by atoms with van der Waals surface area (Å²) in [6.45, 7) is 9.52. The fourth-order valence-electron chi connectivity index (χ4n) is 3.81. The summed E-state index contributed by atoms with van der Waals surface area (Å²) < 4.78 is 5.57. The highest BCUT2D eigenvalue weighted by atomic mass is 16.3. The van der Waals surface area contributed by atoms with Crippen molar-refractivity contribution in [3.8, 4) is 0 Å². The first-order valence-corrected chi connectivity index (χ1v) is 9.91. The van der Waals surface area contributed by atoms with E-state index in [2.05, 4.69) is 46.0 Å². The highest BCUT2D eigenvalue weighted by molar-refractivity contribution is 5.92. The second kappa shape index (κ2) is 8.23. The Labute approximate surface area is 160 Å². The summed E-state index contributed by atoms with van der Waals surface area (Å²) >= 11 is 0. The van der Waals surface area contributed by atoms with E-state index >= 15 is 0 Å². The minimum atomic E-state index is 0.00502. The summed E-state index contributed by atoms with van der Waals surface area (Å²) in [5, 5.41) is 0. The average molecular weight is 368 g/mol. The van der Waals surface area contributed by atoms with Crippen LogP contribution in [0, 0.1) is 6.92 Å².